The van der Waals surface area contributed by atoms with Gasteiger partial charge in [0.15, 0.2) is 0 Å². The number of imide groups is 1. The highest BCUT2D eigenvalue weighted by Crippen LogP contribution is 2.25. The van der Waals surface area contributed by atoms with Gasteiger partial charge in [-0.3, -0.25) is 19.7 Å². The molecule has 2 fully saturated rings. The lowest BCUT2D eigenvalue weighted by Gasteiger charge is -2.32. The molecule has 3 rings (SSSR count). The smallest absolute Gasteiger partial charge is 0.322 e. The molecule has 2 saturated heterocycles. The van der Waals surface area contributed by atoms with Gasteiger partial charge in [0, 0.05) is 18.7 Å². The molecule has 0 bridgehead atoms. The van der Waals surface area contributed by atoms with Crippen LogP contribution in [-0.2, 0) is 19.9 Å². The minimum atomic E-state index is -1.25. The number of nitrogens with one attached hydrogen (secondary N) is 2. The van der Waals surface area contributed by atoms with Crippen molar-refractivity contribution in [2.75, 3.05) is 19.7 Å². The number of nitrogens with zero attached hydrogens (tertiary/aromatic N) is 1. The SMILES string of the molecule is CC1(c2cccc(C(=O)N3CCOC(CC(=O)O)C3)c2)NC(=O)NC1=O. The van der Waals surface area contributed by atoms with Gasteiger partial charge in [-0.25, -0.2) is 4.79 Å². The molecule has 26 heavy (non-hydrogen) atoms. The molecule has 2 aliphatic rings. The normalized spacial score (nSPS) is 25.6. The average molecular weight is 361 g/mol. The van der Waals surface area contributed by atoms with E-state index >= 15 is 0 Å². The number of benzene rings is 1. The molecule has 1 aromatic carbocycles. The van der Waals surface area contributed by atoms with Gasteiger partial charge in [-0.05, 0) is 24.6 Å². The molecule has 9 nitrogen and oxygen atoms in total. The fourth-order valence-corrected chi connectivity index (χ4v) is 3.11. The van der Waals surface area contributed by atoms with Crippen LogP contribution >= 0.6 is 0 Å². The largest absolute Gasteiger partial charge is 0.481 e. The number of ether oxygens (including phenoxy) is 1. The van der Waals surface area contributed by atoms with Crippen molar-refractivity contribution in [2.24, 2.45) is 0 Å². The Balaban J connectivity index is 1.79. The summed E-state index contributed by atoms with van der Waals surface area (Å²) in [4.78, 5) is 48.7. The van der Waals surface area contributed by atoms with E-state index in [-0.39, 0.29) is 25.5 Å². The van der Waals surface area contributed by atoms with Crippen LogP contribution in [0.3, 0.4) is 0 Å². The first-order valence-corrected chi connectivity index (χ1v) is 8.16. The third-order valence-corrected chi connectivity index (χ3v) is 4.56. The number of carbonyl (C=O) groups is 4. The Labute approximate surface area is 149 Å². The summed E-state index contributed by atoms with van der Waals surface area (Å²) >= 11 is 0. The lowest BCUT2D eigenvalue weighted by Crippen LogP contribution is -2.46. The maximum absolute atomic E-state index is 12.8. The standard InChI is InChI=1S/C17H19N3O6/c1-17(15(24)18-16(25)19-17)11-4-2-3-10(7-11)14(23)20-5-6-26-12(9-20)8-13(21)22/h2-4,7,12H,5-6,8-9H2,1H3,(H,21,22)(H2,18,19,24,25). The lowest BCUT2D eigenvalue weighted by atomic mass is 9.91. The first-order chi connectivity index (χ1) is 12.3. The molecule has 0 aliphatic carbocycles. The van der Waals surface area contributed by atoms with Crippen LogP contribution in [0.25, 0.3) is 0 Å². The zero-order valence-electron chi connectivity index (χ0n) is 14.2. The van der Waals surface area contributed by atoms with Gasteiger partial charge in [0.25, 0.3) is 11.8 Å². The van der Waals surface area contributed by atoms with Crippen molar-refractivity contribution < 1.29 is 29.0 Å². The second kappa shape index (κ2) is 6.75. The van der Waals surface area contributed by atoms with Crippen molar-refractivity contribution in [3.63, 3.8) is 0 Å². The van der Waals surface area contributed by atoms with Crippen LogP contribution in [0.2, 0.25) is 0 Å². The number of carbonyl (C=O) groups excluding carboxylic acids is 3. The Kier molecular flexibility index (Phi) is 4.64. The number of aliphatic carboxylic acids is 1. The second-order valence-corrected chi connectivity index (χ2v) is 6.46. The van der Waals surface area contributed by atoms with Crippen LogP contribution in [0.4, 0.5) is 4.79 Å². The number of rotatable bonds is 4. The number of carboxylic acid groups (broad SMARTS) is 1. The van der Waals surface area contributed by atoms with Crippen LogP contribution in [0.15, 0.2) is 24.3 Å². The molecule has 0 saturated carbocycles. The summed E-state index contributed by atoms with van der Waals surface area (Å²) < 4.78 is 5.38. The maximum atomic E-state index is 12.8. The molecule has 9 heteroatoms. The van der Waals surface area contributed by atoms with E-state index in [4.69, 9.17) is 9.84 Å². The number of hydrogen-bond donors (Lipinski definition) is 3. The van der Waals surface area contributed by atoms with Crippen molar-refractivity contribution in [2.45, 2.75) is 25.0 Å². The number of urea groups is 1. The Hall–Kier alpha value is -2.94. The lowest BCUT2D eigenvalue weighted by molar-refractivity contribution is -0.141. The topological polar surface area (TPSA) is 125 Å². The van der Waals surface area contributed by atoms with Crippen molar-refractivity contribution in [1.82, 2.24) is 15.5 Å². The summed E-state index contributed by atoms with van der Waals surface area (Å²) in [5, 5.41) is 13.6. The third-order valence-electron chi connectivity index (χ3n) is 4.56. The number of amides is 4. The molecule has 138 valence electrons. The molecule has 2 unspecified atom stereocenters. The zero-order chi connectivity index (χ0) is 18.9. The highest BCUT2D eigenvalue weighted by atomic mass is 16.5. The Morgan fingerprint density at radius 3 is 2.81 bits per heavy atom. The third kappa shape index (κ3) is 3.38. The molecule has 0 aromatic heterocycles. The highest BCUT2D eigenvalue weighted by molar-refractivity contribution is 6.07. The number of carboxylic acids is 1. The molecule has 2 heterocycles. The first kappa shape index (κ1) is 17.9. The molecule has 0 spiro atoms. The molecule has 2 atom stereocenters. The van der Waals surface area contributed by atoms with Crippen LogP contribution in [0.1, 0.15) is 29.3 Å². The van der Waals surface area contributed by atoms with E-state index in [0.29, 0.717) is 17.7 Å². The monoisotopic (exact) mass is 361 g/mol. The van der Waals surface area contributed by atoms with Crippen LogP contribution < -0.4 is 10.6 Å². The average Bonchev–Trinajstić information content (AvgIpc) is 2.87. The van der Waals surface area contributed by atoms with Crippen LogP contribution in [0, 0.1) is 0 Å². The molecule has 1 aromatic rings. The van der Waals surface area contributed by atoms with E-state index in [2.05, 4.69) is 10.6 Å². The summed E-state index contributed by atoms with van der Waals surface area (Å²) in [6.07, 6.45) is -0.723. The van der Waals surface area contributed by atoms with Gasteiger partial charge in [-0.2, -0.15) is 0 Å². The summed E-state index contributed by atoms with van der Waals surface area (Å²) in [5.41, 5.74) is -0.403. The predicted molar refractivity (Wildman–Crippen MR) is 88.4 cm³/mol. The molecule has 2 aliphatic heterocycles. The summed E-state index contributed by atoms with van der Waals surface area (Å²) in [6.45, 7) is 2.37. The number of morpholine rings is 1. The van der Waals surface area contributed by atoms with E-state index in [1.807, 2.05) is 0 Å². The Bertz CT molecular complexity index is 780. The maximum Gasteiger partial charge on any atom is 0.322 e. The molecule has 4 amide bonds. The Morgan fingerprint density at radius 2 is 2.15 bits per heavy atom. The summed E-state index contributed by atoms with van der Waals surface area (Å²) in [7, 11) is 0. The van der Waals surface area contributed by atoms with E-state index in [9.17, 15) is 19.2 Å². The van der Waals surface area contributed by atoms with Gasteiger partial charge in [-0.1, -0.05) is 12.1 Å². The second-order valence-electron chi connectivity index (χ2n) is 6.46. The van der Waals surface area contributed by atoms with Crippen molar-refractivity contribution in [3.8, 4) is 0 Å². The van der Waals surface area contributed by atoms with Gasteiger partial charge in [0.1, 0.15) is 5.54 Å². The highest BCUT2D eigenvalue weighted by Gasteiger charge is 2.43. The minimum Gasteiger partial charge on any atom is -0.481 e. The van der Waals surface area contributed by atoms with Crippen molar-refractivity contribution >= 4 is 23.8 Å². The zero-order valence-corrected chi connectivity index (χ0v) is 14.2. The molecule has 0 radical (unpaired) electrons. The summed E-state index contributed by atoms with van der Waals surface area (Å²) in [5.74, 6) is -1.75. The van der Waals surface area contributed by atoms with Crippen molar-refractivity contribution in [1.29, 1.82) is 0 Å². The molecule has 3 N–H and O–H groups in total. The van der Waals surface area contributed by atoms with Gasteiger partial charge < -0.3 is 20.1 Å². The quantitative estimate of drug-likeness (QED) is 0.651. The number of hydrogen-bond acceptors (Lipinski definition) is 5. The first-order valence-electron chi connectivity index (χ1n) is 8.16. The fraction of sp³-hybridized carbons (Fsp3) is 0.412. The molecular formula is C17H19N3O6. The van der Waals surface area contributed by atoms with Crippen LogP contribution in [-0.4, -0.2) is 59.6 Å². The van der Waals surface area contributed by atoms with E-state index < -0.39 is 29.6 Å². The van der Waals surface area contributed by atoms with Crippen LogP contribution in [0.5, 0.6) is 0 Å². The van der Waals surface area contributed by atoms with Gasteiger partial charge >= 0.3 is 12.0 Å². The molecular weight excluding hydrogens is 342 g/mol. The van der Waals surface area contributed by atoms with Crippen molar-refractivity contribution in [3.05, 3.63) is 35.4 Å². The van der Waals surface area contributed by atoms with Gasteiger partial charge in [0.05, 0.1) is 19.1 Å². The van der Waals surface area contributed by atoms with Gasteiger partial charge in [-0.15, -0.1) is 0 Å². The van der Waals surface area contributed by atoms with E-state index in [0.717, 1.165) is 0 Å². The van der Waals surface area contributed by atoms with E-state index in [1.165, 1.54) is 4.90 Å². The van der Waals surface area contributed by atoms with Gasteiger partial charge in [0.2, 0.25) is 0 Å². The fourth-order valence-electron chi connectivity index (χ4n) is 3.11. The Morgan fingerprint density at radius 1 is 1.38 bits per heavy atom. The van der Waals surface area contributed by atoms with E-state index in [1.54, 1.807) is 31.2 Å². The summed E-state index contributed by atoms with van der Waals surface area (Å²) in [6, 6.07) is 5.90. The minimum absolute atomic E-state index is 0.173. The predicted octanol–water partition coefficient (Wildman–Crippen LogP) is 0.0569.